The van der Waals surface area contributed by atoms with Gasteiger partial charge in [0.2, 0.25) is 0 Å². The number of aromatic nitrogens is 2. The molecule has 0 saturated carbocycles. The van der Waals surface area contributed by atoms with Crippen molar-refractivity contribution in [3.8, 4) is 0 Å². The van der Waals surface area contributed by atoms with Gasteiger partial charge in [-0.2, -0.15) is 30.6 Å². The molecule has 0 aliphatic carbocycles. The molecule has 3 N–H and O–H groups in total. The summed E-state index contributed by atoms with van der Waals surface area (Å²) in [4.78, 5) is 3.78. The standard InChI is InChI=1S/C13H17F6N3O3S.C5H5N/c14-12(15,16)8-1-3-22(4-2-8)26(24,25)11-5-9(20)6-21(11)7-10(23)13(17,18)19;1-2-4-6-5-3-1/h5-6,8,10,23H,1-4,7,20H2;1-5H. The first-order valence-electron chi connectivity index (χ1n) is 9.35. The molecule has 32 heavy (non-hydrogen) atoms. The van der Waals surface area contributed by atoms with E-state index in [1.165, 1.54) is 0 Å². The maximum atomic E-state index is 12.7. The van der Waals surface area contributed by atoms with Crippen molar-refractivity contribution >= 4 is 15.7 Å². The number of aliphatic hydroxyl groups excluding tert-OH is 1. The second-order valence-corrected chi connectivity index (χ2v) is 8.95. The van der Waals surface area contributed by atoms with E-state index in [2.05, 4.69) is 4.98 Å². The van der Waals surface area contributed by atoms with E-state index in [1.807, 2.05) is 18.2 Å². The molecule has 2 aromatic rings. The predicted octanol–water partition coefficient (Wildman–Crippen LogP) is 3.04. The number of anilines is 1. The molecule has 0 radical (unpaired) electrons. The highest BCUT2D eigenvalue weighted by atomic mass is 32.2. The second-order valence-electron chi connectivity index (χ2n) is 7.07. The van der Waals surface area contributed by atoms with Crippen LogP contribution in [0.4, 0.5) is 32.0 Å². The van der Waals surface area contributed by atoms with Gasteiger partial charge in [-0.15, -0.1) is 0 Å². The van der Waals surface area contributed by atoms with Crippen LogP contribution in [0.1, 0.15) is 12.8 Å². The molecule has 180 valence electrons. The van der Waals surface area contributed by atoms with Crippen LogP contribution in [-0.2, 0) is 16.6 Å². The summed E-state index contributed by atoms with van der Waals surface area (Å²) in [5.74, 6) is -1.63. The van der Waals surface area contributed by atoms with Crippen molar-refractivity contribution in [3.63, 3.8) is 0 Å². The van der Waals surface area contributed by atoms with E-state index in [0.29, 0.717) is 4.57 Å². The Labute approximate surface area is 180 Å². The fourth-order valence-electron chi connectivity index (χ4n) is 3.03. The number of hydrogen-bond donors (Lipinski definition) is 2. The zero-order valence-electron chi connectivity index (χ0n) is 16.6. The highest BCUT2D eigenvalue weighted by Crippen LogP contribution is 2.36. The largest absolute Gasteiger partial charge is 0.416 e. The molecular weight excluding hydrogens is 466 g/mol. The average Bonchev–Trinajstić information content (AvgIpc) is 3.09. The summed E-state index contributed by atoms with van der Waals surface area (Å²) in [7, 11) is -4.36. The topological polar surface area (TPSA) is 101 Å². The van der Waals surface area contributed by atoms with E-state index >= 15 is 0 Å². The van der Waals surface area contributed by atoms with Crippen LogP contribution in [0, 0.1) is 5.92 Å². The van der Waals surface area contributed by atoms with Crippen LogP contribution in [0.5, 0.6) is 0 Å². The molecule has 3 rings (SSSR count). The first-order valence-corrected chi connectivity index (χ1v) is 10.8. The van der Waals surface area contributed by atoms with Gasteiger partial charge in [0.05, 0.1) is 18.2 Å². The van der Waals surface area contributed by atoms with Crippen molar-refractivity contribution in [2.75, 3.05) is 18.8 Å². The first kappa shape index (κ1) is 25.9. The number of rotatable bonds is 4. The molecule has 2 aromatic heterocycles. The maximum absolute atomic E-state index is 12.7. The summed E-state index contributed by atoms with van der Waals surface area (Å²) in [5.41, 5.74) is 5.30. The zero-order chi connectivity index (χ0) is 24.2. The molecule has 0 amide bonds. The van der Waals surface area contributed by atoms with Crippen LogP contribution in [0.2, 0.25) is 0 Å². The van der Waals surface area contributed by atoms with Crippen molar-refractivity contribution in [3.05, 3.63) is 42.9 Å². The van der Waals surface area contributed by atoms with Gasteiger partial charge in [-0.05, 0) is 31.0 Å². The SMILES string of the molecule is Nc1cc(S(=O)(=O)N2CCC(C(F)(F)F)CC2)n(CC(O)C(F)(F)F)c1.c1ccncc1. The van der Waals surface area contributed by atoms with Crippen LogP contribution in [-0.4, -0.2) is 58.9 Å². The van der Waals surface area contributed by atoms with Crippen LogP contribution < -0.4 is 5.73 Å². The van der Waals surface area contributed by atoms with Gasteiger partial charge in [0.15, 0.2) is 11.1 Å². The van der Waals surface area contributed by atoms with Gasteiger partial charge in [-0.3, -0.25) is 4.98 Å². The third-order valence-corrected chi connectivity index (χ3v) is 6.64. The molecule has 1 saturated heterocycles. The third-order valence-electron chi connectivity index (χ3n) is 4.71. The quantitative estimate of drug-likeness (QED) is 0.645. The monoisotopic (exact) mass is 488 g/mol. The third kappa shape index (κ3) is 6.84. The van der Waals surface area contributed by atoms with E-state index in [9.17, 15) is 34.8 Å². The molecule has 1 aliphatic rings. The van der Waals surface area contributed by atoms with Crippen LogP contribution >= 0.6 is 0 Å². The second kappa shape index (κ2) is 10.1. The van der Waals surface area contributed by atoms with E-state index < -0.39 is 71.9 Å². The molecule has 0 bridgehead atoms. The van der Waals surface area contributed by atoms with Crippen molar-refractivity contribution in [1.29, 1.82) is 0 Å². The summed E-state index contributed by atoms with van der Waals surface area (Å²) in [5, 5.41) is 8.55. The number of alkyl halides is 6. The van der Waals surface area contributed by atoms with Crippen LogP contribution in [0.3, 0.4) is 0 Å². The molecular formula is C18H22F6N4O3S. The van der Waals surface area contributed by atoms with Gasteiger partial charge in [0.25, 0.3) is 10.0 Å². The Morgan fingerprint density at radius 3 is 2.06 bits per heavy atom. The smallest absolute Gasteiger partial charge is 0.397 e. The minimum Gasteiger partial charge on any atom is -0.397 e. The van der Waals surface area contributed by atoms with Gasteiger partial charge in [0, 0.05) is 31.7 Å². The summed E-state index contributed by atoms with van der Waals surface area (Å²) in [6.45, 7) is -1.94. The van der Waals surface area contributed by atoms with E-state index in [4.69, 9.17) is 10.8 Å². The number of pyridine rings is 1. The number of sulfonamides is 1. The Balaban J connectivity index is 0.000000520. The number of piperidine rings is 1. The summed E-state index contributed by atoms with van der Waals surface area (Å²) < 4.78 is 102. The van der Waals surface area contributed by atoms with Crippen molar-refractivity contribution in [1.82, 2.24) is 13.9 Å². The lowest BCUT2D eigenvalue weighted by molar-refractivity contribution is -0.207. The Morgan fingerprint density at radius 2 is 1.66 bits per heavy atom. The number of nitrogen functional groups attached to an aromatic ring is 1. The lowest BCUT2D eigenvalue weighted by atomic mass is 9.98. The molecule has 1 aliphatic heterocycles. The predicted molar refractivity (Wildman–Crippen MR) is 103 cm³/mol. The number of aliphatic hydroxyl groups is 1. The molecule has 1 atom stereocenters. The molecule has 1 fully saturated rings. The number of hydrogen-bond acceptors (Lipinski definition) is 5. The van der Waals surface area contributed by atoms with Gasteiger partial charge in [-0.1, -0.05) is 6.07 Å². The highest BCUT2D eigenvalue weighted by molar-refractivity contribution is 7.89. The Kier molecular flexibility index (Phi) is 8.17. The Bertz CT molecular complexity index is 929. The fourth-order valence-corrected chi connectivity index (χ4v) is 4.69. The first-order chi connectivity index (χ1) is 14.7. The van der Waals surface area contributed by atoms with E-state index in [1.54, 1.807) is 12.4 Å². The van der Waals surface area contributed by atoms with Crippen LogP contribution in [0.25, 0.3) is 0 Å². The molecule has 3 heterocycles. The van der Waals surface area contributed by atoms with Gasteiger partial charge in [0.1, 0.15) is 0 Å². The Hall–Kier alpha value is -2.32. The number of nitrogens with zero attached hydrogens (tertiary/aromatic N) is 3. The Morgan fingerprint density at radius 1 is 1.09 bits per heavy atom. The molecule has 1 unspecified atom stereocenters. The van der Waals surface area contributed by atoms with E-state index in [0.717, 1.165) is 16.6 Å². The zero-order valence-corrected chi connectivity index (χ0v) is 17.4. The lowest BCUT2D eigenvalue weighted by Gasteiger charge is -2.32. The lowest BCUT2D eigenvalue weighted by Crippen LogP contribution is -2.43. The molecule has 14 heteroatoms. The minimum atomic E-state index is -4.97. The highest BCUT2D eigenvalue weighted by Gasteiger charge is 2.44. The van der Waals surface area contributed by atoms with Crippen molar-refractivity contribution in [2.45, 2.75) is 42.9 Å². The van der Waals surface area contributed by atoms with Crippen molar-refractivity contribution in [2.24, 2.45) is 5.92 Å². The molecule has 0 spiro atoms. The normalized spacial score (nSPS) is 17.5. The van der Waals surface area contributed by atoms with Crippen LogP contribution in [0.15, 0.2) is 47.9 Å². The summed E-state index contributed by atoms with van der Waals surface area (Å²) in [6.07, 6.45) is -8.68. The molecule has 0 aromatic carbocycles. The summed E-state index contributed by atoms with van der Waals surface area (Å²) >= 11 is 0. The van der Waals surface area contributed by atoms with E-state index in [-0.39, 0.29) is 5.69 Å². The summed E-state index contributed by atoms with van der Waals surface area (Å²) in [6, 6.07) is 6.63. The average molecular weight is 488 g/mol. The molecule has 7 nitrogen and oxygen atoms in total. The number of nitrogens with two attached hydrogens (primary N) is 1. The van der Waals surface area contributed by atoms with Gasteiger partial charge < -0.3 is 15.4 Å². The minimum absolute atomic E-state index is 0.150. The fraction of sp³-hybridized carbons (Fsp3) is 0.500. The van der Waals surface area contributed by atoms with Crippen molar-refractivity contribution < 1.29 is 39.9 Å². The number of halogens is 6. The van der Waals surface area contributed by atoms with Gasteiger partial charge >= 0.3 is 12.4 Å². The van der Waals surface area contributed by atoms with Gasteiger partial charge in [-0.25, -0.2) is 8.42 Å². The maximum Gasteiger partial charge on any atom is 0.416 e.